The lowest BCUT2D eigenvalue weighted by molar-refractivity contribution is -0.172. The molecule has 1 saturated carbocycles. The molecule has 7 heteroatoms. The van der Waals surface area contributed by atoms with Crippen LogP contribution in [-0.4, -0.2) is 60.9 Å². The lowest BCUT2D eigenvalue weighted by atomic mass is 9.68. The van der Waals surface area contributed by atoms with E-state index in [2.05, 4.69) is 26.8 Å². The number of hydrogen-bond acceptors (Lipinski definition) is 6. The first-order valence-electron chi connectivity index (χ1n) is 9.51. The van der Waals surface area contributed by atoms with Gasteiger partial charge in [0, 0.05) is 7.11 Å². The number of Topliss-reactive ketones (excluding diaryl/α,β-unsaturated/α-hetero) is 1. The van der Waals surface area contributed by atoms with Crippen LogP contribution in [0.1, 0.15) is 46.5 Å². The zero-order valence-corrected chi connectivity index (χ0v) is 17.2. The van der Waals surface area contributed by atoms with E-state index < -0.39 is 12.1 Å². The van der Waals surface area contributed by atoms with Crippen molar-refractivity contribution in [3.05, 3.63) is 11.6 Å². The van der Waals surface area contributed by atoms with Gasteiger partial charge < -0.3 is 18.9 Å². The first kappa shape index (κ1) is 20.8. The summed E-state index contributed by atoms with van der Waals surface area (Å²) in [6.45, 7) is 6.91. The van der Waals surface area contributed by atoms with Gasteiger partial charge in [0.1, 0.15) is 29.8 Å². The lowest BCUT2D eigenvalue weighted by Crippen LogP contribution is -2.55. The van der Waals surface area contributed by atoms with E-state index in [0.717, 1.165) is 12.8 Å². The number of ketones is 1. The second-order valence-corrected chi connectivity index (χ2v) is 8.52. The first-order chi connectivity index (χ1) is 12.8. The number of rotatable bonds is 8. The van der Waals surface area contributed by atoms with Crippen LogP contribution in [0.5, 0.6) is 0 Å². The van der Waals surface area contributed by atoms with E-state index in [1.54, 1.807) is 7.11 Å². The third kappa shape index (κ3) is 4.24. The van der Waals surface area contributed by atoms with Crippen LogP contribution in [0.25, 0.3) is 0 Å². The minimum atomic E-state index is -0.554. The Balaban J connectivity index is 1.73. The van der Waals surface area contributed by atoms with Crippen molar-refractivity contribution in [3.8, 4) is 0 Å². The molecule has 0 bridgehead atoms. The van der Waals surface area contributed by atoms with Crippen molar-refractivity contribution in [1.29, 1.82) is 0 Å². The van der Waals surface area contributed by atoms with Gasteiger partial charge in [-0.15, -0.1) is 11.6 Å². The predicted molar refractivity (Wildman–Crippen MR) is 99.8 cm³/mol. The highest BCUT2D eigenvalue weighted by Crippen LogP contribution is 2.59. The van der Waals surface area contributed by atoms with Crippen LogP contribution in [0.4, 0.5) is 0 Å². The second-order valence-electron chi connectivity index (χ2n) is 8.26. The maximum atomic E-state index is 12.1. The molecule has 0 N–H and O–H groups in total. The van der Waals surface area contributed by atoms with Gasteiger partial charge in [0.2, 0.25) is 0 Å². The third-order valence-electron chi connectivity index (χ3n) is 6.01. The number of allylic oxidation sites excluding steroid dienone is 1. The summed E-state index contributed by atoms with van der Waals surface area (Å²) in [5.41, 5.74) is 0.623. The molecule has 0 unspecified atom stereocenters. The molecule has 2 aliphatic heterocycles. The maximum Gasteiger partial charge on any atom is 0.313 e. The number of esters is 1. The Bertz CT molecular complexity index is 624. The van der Waals surface area contributed by atoms with Gasteiger partial charge in [0.05, 0.1) is 24.5 Å². The summed E-state index contributed by atoms with van der Waals surface area (Å²) in [7, 11) is 1.63. The fourth-order valence-electron chi connectivity index (χ4n) is 4.49. The molecule has 0 aromatic heterocycles. The van der Waals surface area contributed by atoms with E-state index >= 15 is 0 Å². The molecule has 2 saturated heterocycles. The summed E-state index contributed by atoms with van der Waals surface area (Å²) >= 11 is 5.48. The van der Waals surface area contributed by atoms with Crippen molar-refractivity contribution in [2.45, 2.75) is 76.0 Å². The van der Waals surface area contributed by atoms with E-state index in [4.69, 9.17) is 30.5 Å². The maximum absolute atomic E-state index is 12.1. The molecule has 6 nitrogen and oxygen atoms in total. The number of alkyl halides is 1. The summed E-state index contributed by atoms with van der Waals surface area (Å²) in [6, 6.07) is 0. The molecule has 6 atom stereocenters. The van der Waals surface area contributed by atoms with Crippen LogP contribution in [0.3, 0.4) is 0 Å². The van der Waals surface area contributed by atoms with Crippen molar-refractivity contribution in [1.82, 2.24) is 0 Å². The van der Waals surface area contributed by atoms with Crippen molar-refractivity contribution in [3.63, 3.8) is 0 Å². The molecular formula is C20H29ClO6. The Morgan fingerprint density at radius 3 is 2.59 bits per heavy atom. The molecule has 0 radical (unpaired) electrons. The number of epoxide rings is 2. The smallest absolute Gasteiger partial charge is 0.313 e. The predicted octanol–water partition coefficient (Wildman–Crippen LogP) is 2.80. The van der Waals surface area contributed by atoms with Gasteiger partial charge in [-0.05, 0) is 40.0 Å². The average molecular weight is 401 g/mol. The number of methoxy groups -OCH3 is 1. The second kappa shape index (κ2) is 7.82. The van der Waals surface area contributed by atoms with Crippen molar-refractivity contribution in [2.75, 3.05) is 19.6 Å². The molecule has 0 aromatic carbocycles. The van der Waals surface area contributed by atoms with E-state index in [0.29, 0.717) is 13.0 Å². The van der Waals surface area contributed by atoms with Gasteiger partial charge in [-0.2, -0.15) is 0 Å². The number of carbonyl (C=O) groups excluding carboxylic acids is 2. The van der Waals surface area contributed by atoms with Gasteiger partial charge >= 0.3 is 5.97 Å². The van der Waals surface area contributed by atoms with E-state index in [1.807, 2.05) is 0 Å². The van der Waals surface area contributed by atoms with E-state index in [-0.39, 0.29) is 47.4 Å². The Morgan fingerprint density at radius 1 is 1.33 bits per heavy atom. The normalized spacial score (nSPS) is 39.7. The van der Waals surface area contributed by atoms with Gasteiger partial charge in [-0.25, -0.2) is 0 Å². The Kier molecular flexibility index (Phi) is 6.02. The van der Waals surface area contributed by atoms with Crippen LogP contribution in [-0.2, 0) is 28.5 Å². The molecule has 0 amide bonds. The molecule has 3 aliphatic rings. The zero-order chi connectivity index (χ0) is 19.8. The molecule has 0 aromatic rings. The summed E-state index contributed by atoms with van der Waals surface area (Å²) in [5.74, 6) is -1.11. The van der Waals surface area contributed by atoms with E-state index in [9.17, 15) is 9.59 Å². The van der Waals surface area contributed by atoms with E-state index in [1.165, 1.54) is 5.57 Å². The summed E-state index contributed by atoms with van der Waals surface area (Å²) in [5, 5.41) is 0. The zero-order valence-electron chi connectivity index (χ0n) is 16.5. The van der Waals surface area contributed by atoms with Crippen LogP contribution in [0.2, 0.25) is 0 Å². The van der Waals surface area contributed by atoms with Gasteiger partial charge in [-0.1, -0.05) is 11.6 Å². The number of hydrogen-bond donors (Lipinski definition) is 0. The minimum absolute atomic E-state index is 0.0270. The minimum Gasteiger partial charge on any atom is -0.459 e. The topological polar surface area (TPSA) is 77.7 Å². The summed E-state index contributed by atoms with van der Waals surface area (Å²) < 4.78 is 23.4. The molecule has 3 rings (SSSR count). The molecule has 1 spiro atoms. The highest BCUT2D eigenvalue weighted by atomic mass is 35.5. The number of carbonyl (C=O) groups is 2. The lowest BCUT2D eigenvalue weighted by Gasteiger charge is -2.42. The summed E-state index contributed by atoms with van der Waals surface area (Å²) in [6.07, 6.45) is 3.49. The van der Waals surface area contributed by atoms with Crippen molar-refractivity contribution < 1.29 is 28.5 Å². The van der Waals surface area contributed by atoms with Gasteiger partial charge in [-0.3, -0.25) is 9.59 Å². The average Bonchev–Trinajstić information content (AvgIpc) is 3.52. The van der Waals surface area contributed by atoms with Crippen LogP contribution in [0.15, 0.2) is 11.6 Å². The molecule has 2 heterocycles. The van der Waals surface area contributed by atoms with Crippen molar-refractivity contribution in [2.24, 2.45) is 5.92 Å². The van der Waals surface area contributed by atoms with Crippen LogP contribution < -0.4 is 0 Å². The van der Waals surface area contributed by atoms with Crippen molar-refractivity contribution >= 4 is 23.4 Å². The third-order valence-corrected chi connectivity index (χ3v) is 6.31. The summed E-state index contributed by atoms with van der Waals surface area (Å²) in [4.78, 5) is 23.5. The standard InChI is InChI=1S/C20H29ClO6/c1-12(2)5-6-15-19(3,27-15)18-17(24-4)14(7-8-20(18)11-25-20)26-16(23)9-13(22)10-21/h5,14-15,17-18H,6-11H2,1-4H3/t14-,15-,17-,18-,19+,20+/m1/s1. The van der Waals surface area contributed by atoms with Gasteiger partial charge in [0.15, 0.2) is 5.78 Å². The number of halogens is 1. The number of ether oxygens (including phenoxy) is 4. The molecule has 1 aliphatic carbocycles. The Hall–Kier alpha value is -0.950. The molecule has 3 fully saturated rings. The fraction of sp³-hybridized carbons (Fsp3) is 0.800. The Labute approximate surface area is 165 Å². The first-order valence-corrected chi connectivity index (χ1v) is 10.0. The van der Waals surface area contributed by atoms with Gasteiger partial charge in [0.25, 0.3) is 0 Å². The largest absolute Gasteiger partial charge is 0.459 e. The molecular weight excluding hydrogens is 372 g/mol. The Morgan fingerprint density at radius 2 is 2.04 bits per heavy atom. The SMILES string of the molecule is CO[C@@H]1[C@H](OC(=O)CC(=O)CCl)CC[C@]2(CO2)[C@H]1[C@@]1(C)O[C@@H]1CC=C(C)C. The monoisotopic (exact) mass is 400 g/mol. The van der Waals surface area contributed by atoms with Crippen LogP contribution >= 0.6 is 11.6 Å². The van der Waals surface area contributed by atoms with Crippen LogP contribution in [0, 0.1) is 5.92 Å². The molecule has 27 heavy (non-hydrogen) atoms. The fourth-order valence-corrected chi connectivity index (χ4v) is 4.58. The highest BCUT2D eigenvalue weighted by Gasteiger charge is 2.72. The quantitative estimate of drug-likeness (QED) is 0.205. The molecule has 152 valence electrons. The highest BCUT2D eigenvalue weighted by molar-refractivity contribution is 6.28.